The van der Waals surface area contributed by atoms with E-state index in [1.54, 1.807) is 6.07 Å². The van der Waals surface area contributed by atoms with Crippen LogP contribution in [0.4, 0.5) is 4.39 Å². The zero-order valence-corrected chi connectivity index (χ0v) is 18.4. The Balaban J connectivity index is 1.64. The van der Waals surface area contributed by atoms with Gasteiger partial charge < -0.3 is 4.74 Å². The van der Waals surface area contributed by atoms with E-state index in [1.165, 1.54) is 11.6 Å². The number of hydrogen-bond acceptors (Lipinski definition) is 1. The molecule has 0 saturated carbocycles. The monoisotopic (exact) mass is 460 g/mol. The number of ether oxygens (including phenoxy) is 1. The molecular weight excluding hydrogens is 439 g/mol. The fourth-order valence-electron chi connectivity index (χ4n) is 3.19. The average Bonchev–Trinajstić information content (AvgIpc) is 2.67. The normalized spacial score (nSPS) is 11.5. The quantitative estimate of drug-likeness (QED) is 0.343. The van der Waals surface area contributed by atoms with E-state index in [4.69, 9.17) is 16.3 Å². The van der Waals surface area contributed by atoms with E-state index in [-0.39, 0.29) is 17.0 Å². The lowest BCUT2D eigenvalue weighted by Crippen LogP contribution is -2.17. The highest BCUT2D eigenvalue weighted by Gasteiger charge is 2.21. The standard InChI is InChI=1S/C24H23BrClFO/c1-24(2,18-11-12-21(26)20(25)16-18)14-6-7-17-10-13-22(27)23(15-17)28-19-8-4-3-5-9-19/h3-5,8-13,15-16H,6-7,14H2,1-2H3. The van der Waals surface area contributed by atoms with Gasteiger partial charge in [-0.1, -0.05) is 55.8 Å². The number of hydrogen-bond donors (Lipinski definition) is 0. The van der Waals surface area contributed by atoms with Gasteiger partial charge in [0.25, 0.3) is 0 Å². The highest BCUT2D eigenvalue weighted by molar-refractivity contribution is 9.10. The number of halogens is 3. The summed E-state index contributed by atoms with van der Waals surface area (Å²) in [5, 5.41) is 0.719. The summed E-state index contributed by atoms with van der Waals surface area (Å²) in [5.41, 5.74) is 2.34. The molecular formula is C24H23BrClFO. The molecule has 0 atom stereocenters. The molecule has 3 aromatic carbocycles. The van der Waals surface area contributed by atoms with Crippen LogP contribution in [0.25, 0.3) is 0 Å². The Morgan fingerprint density at radius 3 is 2.46 bits per heavy atom. The zero-order chi connectivity index (χ0) is 20.1. The van der Waals surface area contributed by atoms with Gasteiger partial charge in [0.05, 0.1) is 5.02 Å². The minimum Gasteiger partial charge on any atom is -0.454 e. The lowest BCUT2D eigenvalue weighted by molar-refractivity contribution is 0.439. The molecule has 0 amide bonds. The fraction of sp³-hybridized carbons (Fsp3) is 0.250. The van der Waals surface area contributed by atoms with E-state index in [0.717, 1.165) is 34.3 Å². The molecule has 3 rings (SSSR count). The van der Waals surface area contributed by atoms with Gasteiger partial charge in [-0.15, -0.1) is 0 Å². The summed E-state index contributed by atoms with van der Waals surface area (Å²) in [6.07, 6.45) is 2.86. The van der Waals surface area contributed by atoms with Gasteiger partial charge in [0.15, 0.2) is 11.6 Å². The minimum absolute atomic E-state index is 0.0243. The van der Waals surface area contributed by atoms with Crippen molar-refractivity contribution in [3.63, 3.8) is 0 Å². The third-order valence-electron chi connectivity index (χ3n) is 4.93. The predicted molar refractivity (Wildman–Crippen MR) is 118 cm³/mol. The maximum absolute atomic E-state index is 14.1. The summed E-state index contributed by atoms with van der Waals surface area (Å²) in [6.45, 7) is 4.47. The molecule has 0 saturated heterocycles. The van der Waals surface area contributed by atoms with E-state index < -0.39 is 0 Å². The van der Waals surface area contributed by atoms with Crippen LogP contribution in [0.1, 0.15) is 37.8 Å². The van der Waals surface area contributed by atoms with Crippen LogP contribution in [0.5, 0.6) is 11.5 Å². The molecule has 0 radical (unpaired) electrons. The molecule has 0 aromatic heterocycles. The van der Waals surface area contributed by atoms with E-state index in [9.17, 15) is 4.39 Å². The second kappa shape index (κ2) is 9.11. The Hall–Kier alpha value is -1.84. The molecule has 146 valence electrons. The molecule has 0 heterocycles. The van der Waals surface area contributed by atoms with Crippen molar-refractivity contribution >= 4 is 27.5 Å². The molecule has 0 unspecified atom stereocenters. The minimum atomic E-state index is -0.348. The van der Waals surface area contributed by atoms with Crippen LogP contribution in [0.15, 0.2) is 71.2 Å². The number of benzene rings is 3. The Morgan fingerprint density at radius 2 is 1.75 bits per heavy atom. The molecule has 3 aromatic rings. The van der Waals surface area contributed by atoms with Crippen molar-refractivity contribution in [2.24, 2.45) is 0 Å². The molecule has 0 aliphatic heterocycles. The van der Waals surface area contributed by atoms with Gasteiger partial charge in [0, 0.05) is 4.47 Å². The van der Waals surface area contributed by atoms with Gasteiger partial charge >= 0.3 is 0 Å². The van der Waals surface area contributed by atoms with Crippen molar-refractivity contribution in [1.29, 1.82) is 0 Å². The predicted octanol–water partition coefficient (Wildman–Crippen LogP) is 8.33. The molecule has 0 aliphatic carbocycles. The van der Waals surface area contributed by atoms with Gasteiger partial charge in [0.2, 0.25) is 0 Å². The summed E-state index contributed by atoms with van der Waals surface area (Å²) in [7, 11) is 0. The first-order valence-corrected chi connectivity index (χ1v) is 10.5. The second-order valence-electron chi connectivity index (χ2n) is 7.55. The van der Waals surface area contributed by atoms with Crippen molar-refractivity contribution in [2.75, 3.05) is 0 Å². The Morgan fingerprint density at radius 1 is 1.00 bits per heavy atom. The first-order chi connectivity index (χ1) is 13.3. The van der Waals surface area contributed by atoms with Crippen molar-refractivity contribution in [2.45, 2.75) is 38.5 Å². The van der Waals surface area contributed by atoms with Crippen molar-refractivity contribution in [1.82, 2.24) is 0 Å². The highest BCUT2D eigenvalue weighted by atomic mass is 79.9. The van der Waals surface area contributed by atoms with Gasteiger partial charge in [-0.2, -0.15) is 0 Å². The zero-order valence-electron chi connectivity index (χ0n) is 16.0. The molecule has 4 heteroatoms. The largest absolute Gasteiger partial charge is 0.454 e. The SMILES string of the molecule is CC(C)(CCCc1ccc(F)c(Oc2ccccc2)c1)c1ccc(Cl)c(Br)c1. The summed E-state index contributed by atoms with van der Waals surface area (Å²) < 4.78 is 20.7. The van der Waals surface area contributed by atoms with Crippen molar-refractivity contribution < 1.29 is 9.13 Å². The van der Waals surface area contributed by atoms with Crippen LogP contribution >= 0.6 is 27.5 Å². The van der Waals surface area contributed by atoms with E-state index >= 15 is 0 Å². The second-order valence-corrected chi connectivity index (χ2v) is 8.81. The summed E-state index contributed by atoms with van der Waals surface area (Å²) >= 11 is 9.62. The van der Waals surface area contributed by atoms with Crippen LogP contribution in [-0.4, -0.2) is 0 Å². The summed E-state index contributed by atoms with van der Waals surface area (Å²) in [5.74, 6) is 0.552. The molecule has 0 fully saturated rings. The van der Waals surface area contributed by atoms with Crippen LogP contribution in [-0.2, 0) is 11.8 Å². The molecule has 1 nitrogen and oxygen atoms in total. The number of para-hydroxylation sites is 1. The number of rotatable bonds is 7. The third-order valence-corrected chi connectivity index (χ3v) is 6.15. The van der Waals surface area contributed by atoms with Crippen LogP contribution in [0.3, 0.4) is 0 Å². The van der Waals surface area contributed by atoms with E-state index in [1.807, 2.05) is 42.5 Å². The summed E-state index contributed by atoms with van der Waals surface area (Å²) in [6, 6.07) is 20.5. The van der Waals surface area contributed by atoms with Crippen LogP contribution in [0, 0.1) is 5.82 Å². The molecule has 0 N–H and O–H groups in total. The van der Waals surface area contributed by atoms with Crippen molar-refractivity contribution in [3.8, 4) is 11.5 Å². The Labute approximate surface area is 179 Å². The molecule has 28 heavy (non-hydrogen) atoms. The molecule has 0 spiro atoms. The van der Waals surface area contributed by atoms with Gasteiger partial charge in [-0.05, 0) is 88.1 Å². The lowest BCUT2D eigenvalue weighted by atomic mass is 9.80. The Bertz CT molecular complexity index is 941. The first-order valence-electron chi connectivity index (χ1n) is 9.32. The number of aryl methyl sites for hydroxylation is 1. The van der Waals surface area contributed by atoms with Gasteiger partial charge in [0.1, 0.15) is 5.75 Å². The lowest BCUT2D eigenvalue weighted by Gasteiger charge is -2.26. The Kier molecular flexibility index (Phi) is 6.79. The maximum atomic E-state index is 14.1. The average molecular weight is 462 g/mol. The van der Waals surface area contributed by atoms with E-state index in [2.05, 4.69) is 41.9 Å². The highest BCUT2D eigenvalue weighted by Crippen LogP contribution is 2.34. The maximum Gasteiger partial charge on any atom is 0.165 e. The van der Waals surface area contributed by atoms with Crippen LogP contribution < -0.4 is 4.74 Å². The smallest absolute Gasteiger partial charge is 0.165 e. The third kappa shape index (κ3) is 5.36. The van der Waals surface area contributed by atoms with Gasteiger partial charge in [-0.3, -0.25) is 0 Å². The van der Waals surface area contributed by atoms with Gasteiger partial charge in [-0.25, -0.2) is 4.39 Å². The summed E-state index contributed by atoms with van der Waals surface area (Å²) in [4.78, 5) is 0. The fourth-order valence-corrected chi connectivity index (χ4v) is 3.69. The van der Waals surface area contributed by atoms with Crippen LogP contribution in [0.2, 0.25) is 5.02 Å². The molecule has 0 bridgehead atoms. The van der Waals surface area contributed by atoms with Crippen molar-refractivity contribution in [3.05, 3.63) is 93.2 Å². The molecule has 0 aliphatic rings. The first kappa shape index (κ1) is 20.9. The van der Waals surface area contributed by atoms with E-state index in [0.29, 0.717) is 5.75 Å². The topological polar surface area (TPSA) is 9.23 Å².